The highest BCUT2D eigenvalue weighted by atomic mass is 16.6. The van der Waals surface area contributed by atoms with Crippen molar-refractivity contribution < 1.29 is 10.0 Å². The zero-order chi connectivity index (χ0) is 13.3. The third-order valence-electron chi connectivity index (χ3n) is 3.80. The van der Waals surface area contributed by atoms with Gasteiger partial charge < -0.3 is 5.11 Å². The molecule has 0 spiro atoms. The van der Waals surface area contributed by atoms with Crippen LogP contribution < -0.4 is 0 Å². The van der Waals surface area contributed by atoms with E-state index in [2.05, 4.69) is 0 Å². The van der Waals surface area contributed by atoms with Crippen molar-refractivity contribution >= 4 is 0 Å². The number of aryl methyl sites for hydroxylation is 1. The van der Waals surface area contributed by atoms with Gasteiger partial charge in [0.15, 0.2) is 0 Å². The molecule has 1 aromatic rings. The van der Waals surface area contributed by atoms with Crippen LogP contribution in [0.3, 0.4) is 0 Å². The average Bonchev–Trinajstić information content (AvgIpc) is 2.68. The first kappa shape index (κ1) is 13.0. The minimum absolute atomic E-state index is 0.261. The normalized spacial score (nSPS) is 28.5. The summed E-state index contributed by atoms with van der Waals surface area (Å²) in [6, 6.07) is 7.76. The Morgan fingerprint density at radius 3 is 2.61 bits per heavy atom. The lowest BCUT2D eigenvalue weighted by Crippen LogP contribution is -2.48. The first-order valence-electron chi connectivity index (χ1n) is 6.00. The molecule has 18 heavy (non-hydrogen) atoms. The number of nitro groups is 1. The second kappa shape index (κ2) is 4.66. The Morgan fingerprint density at radius 2 is 2.11 bits per heavy atom. The van der Waals surface area contributed by atoms with E-state index in [1.807, 2.05) is 43.1 Å². The fourth-order valence-electron chi connectivity index (χ4n) is 2.74. The number of hydrogen-bond donors (Lipinski definition) is 1. The van der Waals surface area contributed by atoms with Crippen LogP contribution in [-0.4, -0.2) is 47.2 Å². The van der Waals surface area contributed by atoms with Crippen molar-refractivity contribution in [1.82, 2.24) is 4.90 Å². The molecule has 0 aliphatic carbocycles. The predicted octanol–water partition coefficient (Wildman–Crippen LogP) is 1.03. The number of aliphatic hydroxyl groups is 1. The molecule has 1 aliphatic rings. The maximum atomic E-state index is 11.4. The molecule has 0 bridgehead atoms. The molecular weight excluding hydrogens is 232 g/mol. The van der Waals surface area contributed by atoms with Gasteiger partial charge in [0.1, 0.15) is 6.61 Å². The molecule has 5 heteroatoms. The second-order valence-corrected chi connectivity index (χ2v) is 5.18. The summed E-state index contributed by atoms with van der Waals surface area (Å²) in [5.41, 5.74) is 0.779. The lowest BCUT2D eigenvalue weighted by atomic mass is 9.83. The van der Waals surface area contributed by atoms with E-state index in [0.29, 0.717) is 6.54 Å². The Hall–Kier alpha value is -1.46. The van der Waals surface area contributed by atoms with Gasteiger partial charge in [-0.05, 0) is 19.5 Å². The van der Waals surface area contributed by atoms with Gasteiger partial charge in [-0.1, -0.05) is 29.8 Å². The molecule has 5 nitrogen and oxygen atoms in total. The van der Waals surface area contributed by atoms with Crippen LogP contribution >= 0.6 is 0 Å². The number of benzene rings is 1. The van der Waals surface area contributed by atoms with Gasteiger partial charge in [-0.2, -0.15) is 0 Å². The molecule has 1 saturated heterocycles. The van der Waals surface area contributed by atoms with E-state index in [4.69, 9.17) is 0 Å². The summed E-state index contributed by atoms with van der Waals surface area (Å²) >= 11 is 0. The molecular formula is C13H18N2O3. The van der Waals surface area contributed by atoms with Crippen molar-refractivity contribution in [2.45, 2.75) is 18.4 Å². The number of likely N-dealkylation sites (N-methyl/N-ethyl adjacent to an activating group) is 1. The molecule has 2 atom stereocenters. The molecule has 2 rings (SSSR count). The number of likely N-dealkylation sites (tertiary alicyclic amines) is 1. The number of rotatable bonds is 3. The zero-order valence-electron chi connectivity index (χ0n) is 10.7. The Morgan fingerprint density at radius 1 is 1.50 bits per heavy atom. The smallest absolute Gasteiger partial charge is 0.265 e. The van der Waals surface area contributed by atoms with E-state index < -0.39 is 12.1 Å². The van der Waals surface area contributed by atoms with E-state index in [1.165, 1.54) is 0 Å². The molecule has 1 aromatic carbocycles. The van der Waals surface area contributed by atoms with E-state index >= 15 is 0 Å². The largest absolute Gasteiger partial charge is 0.389 e. The van der Waals surface area contributed by atoms with Crippen molar-refractivity contribution in [3.8, 4) is 0 Å². The lowest BCUT2D eigenvalue weighted by molar-refractivity contribution is -0.572. The molecule has 0 aromatic heterocycles. The monoisotopic (exact) mass is 250 g/mol. The summed E-state index contributed by atoms with van der Waals surface area (Å²) in [6.07, 6.45) is 0. The minimum atomic E-state index is -1.27. The van der Waals surface area contributed by atoms with E-state index in [-0.39, 0.29) is 17.4 Å². The molecule has 1 heterocycles. The van der Waals surface area contributed by atoms with Crippen molar-refractivity contribution in [2.75, 3.05) is 26.7 Å². The van der Waals surface area contributed by atoms with Gasteiger partial charge in [0, 0.05) is 11.5 Å². The molecule has 1 N–H and O–H groups in total. The Bertz CT molecular complexity index is 446. The Balaban J connectivity index is 2.41. The van der Waals surface area contributed by atoms with Crippen molar-refractivity contribution in [2.24, 2.45) is 0 Å². The summed E-state index contributed by atoms with van der Waals surface area (Å²) in [5.74, 6) is -0.261. The van der Waals surface area contributed by atoms with Gasteiger partial charge in [-0.3, -0.25) is 15.0 Å². The topological polar surface area (TPSA) is 66.6 Å². The molecule has 0 amide bonds. The highest BCUT2D eigenvalue weighted by molar-refractivity contribution is 5.29. The van der Waals surface area contributed by atoms with Gasteiger partial charge in [-0.25, -0.2) is 0 Å². The summed E-state index contributed by atoms with van der Waals surface area (Å²) in [5, 5.41) is 20.9. The molecule has 0 radical (unpaired) electrons. The highest BCUT2D eigenvalue weighted by Gasteiger charge is 2.56. The van der Waals surface area contributed by atoms with Crippen molar-refractivity contribution in [3.63, 3.8) is 0 Å². The SMILES string of the molecule is Cc1ccc([C@H]2CN(C)C[C@@]2(CO)[N+](=O)[O-])cc1. The molecule has 0 saturated carbocycles. The van der Waals surface area contributed by atoms with Gasteiger partial charge in [-0.15, -0.1) is 0 Å². The minimum Gasteiger partial charge on any atom is -0.389 e. The Kier molecular flexibility index (Phi) is 3.36. The van der Waals surface area contributed by atoms with Gasteiger partial charge >= 0.3 is 0 Å². The third kappa shape index (κ3) is 2.00. The van der Waals surface area contributed by atoms with Gasteiger partial charge in [0.25, 0.3) is 5.54 Å². The maximum Gasteiger partial charge on any atom is 0.265 e. The molecule has 1 fully saturated rings. The van der Waals surface area contributed by atoms with Crippen LogP contribution in [0.4, 0.5) is 0 Å². The van der Waals surface area contributed by atoms with Crippen LogP contribution in [0.25, 0.3) is 0 Å². The Labute approximate surface area is 106 Å². The maximum absolute atomic E-state index is 11.4. The molecule has 1 aliphatic heterocycles. The van der Waals surface area contributed by atoms with Crippen LogP contribution in [0.5, 0.6) is 0 Å². The average molecular weight is 250 g/mol. The number of hydrogen-bond acceptors (Lipinski definition) is 4. The second-order valence-electron chi connectivity index (χ2n) is 5.18. The molecule has 0 unspecified atom stereocenters. The molecule has 98 valence electrons. The van der Waals surface area contributed by atoms with Gasteiger partial charge in [0.2, 0.25) is 0 Å². The summed E-state index contributed by atoms with van der Waals surface area (Å²) in [7, 11) is 1.85. The fraction of sp³-hybridized carbons (Fsp3) is 0.538. The van der Waals surface area contributed by atoms with Crippen LogP contribution in [0.15, 0.2) is 24.3 Å². The highest BCUT2D eigenvalue weighted by Crippen LogP contribution is 2.37. The standard InChI is InChI=1S/C13H18N2O3/c1-10-3-5-11(6-4-10)12-7-14(2)8-13(12,9-16)15(17)18/h3-6,12,16H,7-9H2,1-2H3/t12-,13+/m1/s1. The summed E-state index contributed by atoms with van der Waals surface area (Å²) in [6.45, 7) is 2.44. The number of aliphatic hydroxyl groups excluding tert-OH is 1. The number of nitrogens with zero attached hydrogens (tertiary/aromatic N) is 2. The van der Waals surface area contributed by atoms with Crippen molar-refractivity contribution in [3.05, 3.63) is 45.5 Å². The van der Waals surface area contributed by atoms with E-state index in [0.717, 1.165) is 11.1 Å². The lowest BCUT2D eigenvalue weighted by Gasteiger charge is -2.24. The van der Waals surface area contributed by atoms with E-state index in [9.17, 15) is 15.2 Å². The fourth-order valence-corrected chi connectivity index (χ4v) is 2.74. The summed E-state index contributed by atoms with van der Waals surface area (Å²) < 4.78 is 0. The van der Waals surface area contributed by atoms with Gasteiger partial charge in [0.05, 0.1) is 12.5 Å². The van der Waals surface area contributed by atoms with Crippen molar-refractivity contribution in [1.29, 1.82) is 0 Å². The van der Waals surface area contributed by atoms with Crippen LogP contribution in [0.2, 0.25) is 0 Å². The van der Waals surface area contributed by atoms with Crippen LogP contribution in [-0.2, 0) is 0 Å². The zero-order valence-corrected chi connectivity index (χ0v) is 10.7. The van der Waals surface area contributed by atoms with Crippen LogP contribution in [0, 0.1) is 17.0 Å². The first-order valence-corrected chi connectivity index (χ1v) is 6.00. The first-order chi connectivity index (χ1) is 8.49. The van der Waals surface area contributed by atoms with E-state index in [1.54, 1.807) is 0 Å². The quantitative estimate of drug-likeness (QED) is 0.642. The summed E-state index contributed by atoms with van der Waals surface area (Å²) in [4.78, 5) is 13.0. The third-order valence-corrected chi connectivity index (χ3v) is 3.80. The predicted molar refractivity (Wildman–Crippen MR) is 68.2 cm³/mol. The van der Waals surface area contributed by atoms with Crippen LogP contribution in [0.1, 0.15) is 17.0 Å².